The van der Waals surface area contributed by atoms with Crippen molar-refractivity contribution >= 4 is 21.9 Å². The van der Waals surface area contributed by atoms with Gasteiger partial charge in [-0.15, -0.1) is 5.10 Å². The number of hydrogen-bond acceptors (Lipinski definition) is 4. The molecule has 0 aliphatic heterocycles. The lowest BCUT2D eigenvalue weighted by Gasteiger charge is -1.87. The number of anilines is 1. The van der Waals surface area contributed by atoms with Crippen molar-refractivity contribution in [3.63, 3.8) is 0 Å². The predicted octanol–water partition coefficient (Wildman–Crippen LogP) is 1.41. The van der Waals surface area contributed by atoms with Gasteiger partial charge in [0.1, 0.15) is 0 Å². The molecule has 2 rings (SSSR count). The van der Waals surface area contributed by atoms with E-state index >= 15 is 0 Å². The van der Waals surface area contributed by atoms with E-state index in [4.69, 9.17) is 10.2 Å². The van der Waals surface area contributed by atoms with Crippen molar-refractivity contribution in [3.8, 4) is 11.4 Å². The predicted molar refractivity (Wildman–Crippen MR) is 46.2 cm³/mol. The normalized spacial score (nSPS) is 10.4. The summed E-state index contributed by atoms with van der Waals surface area (Å²) in [5.41, 5.74) is 6.14. The summed E-state index contributed by atoms with van der Waals surface area (Å²) < 4.78 is 5.63. The lowest BCUT2D eigenvalue weighted by atomic mass is 10.3. The fourth-order valence-corrected chi connectivity index (χ4v) is 1.29. The van der Waals surface area contributed by atoms with Crippen LogP contribution >= 0.6 is 15.9 Å². The van der Waals surface area contributed by atoms with Gasteiger partial charge < -0.3 is 10.2 Å². The Kier molecular flexibility index (Phi) is 1.61. The third-order valence-electron chi connectivity index (χ3n) is 1.38. The molecule has 2 aromatic heterocycles. The Morgan fingerprint density at radius 1 is 1.58 bits per heavy atom. The molecule has 0 saturated carbocycles. The van der Waals surface area contributed by atoms with E-state index in [9.17, 15) is 0 Å². The fraction of sp³-hybridized carbons (Fsp3) is 0. The zero-order valence-corrected chi connectivity index (χ0v) is 7.50. The Balaban J connectivity index is 2.50. The number of aromatic nitrogens is 3. The fourth-order valence-electron chi connectivity index (χ4n) is 0.858. The maximum atomic E-state index is 5.34. The minimum atomic E-state index is 0.220. The molecule has 62 valence electrons. The van der Waals surface area contributed by atoms with Crippen molar-refractivity contribution in [3.05, 3.63) is 17.0 Å². The van der Waals surface area contributed by atoms with E-state index in [1.165, 1.54) is 0 Å². The zero-order valence-electron chi connectivity index (χ0n) is 5.91. The standard InChI is InChI=1S/C6H5BrN4O/c7-4-3(1-2-12-4)5-9-6(8)11-10-5/h1-2H,(H3,8,9,10,11). The van der Waals surface area contributed by atoms with E-state index in [0.717, 1.165) is 5.56 Å². The van der Waals surface area contributed by atoms with Gasteiger partial charge in [0, 0.05) is 0 Å². The van der Waals surface area contributed by atoms with Crippen molar-refractivity contribution in [1.29, 1.82) is 0 Å². The third-order valence-corrected chi connectivity index (χ3v) is 1.99. The van der Waals surface area contributed by atoms with E-state index in [-0.39, 0.29) is 5.95 Å². The first-order valence-electron chi connectivity index (χ1n) is 3.18. The van der Waals surface area contributed by atoms with Crippen LogP contribution in [-0.4, -0.2) is 15.2 Å². The number of halogens is 1. The van der Waals surface area contributed by atoms with Gasteiger partial charge in [0.15, 0.2) is 10.5 Å². The molecule has 0 fully saturated rings. The van der Waals surface area contributed by atoms with Crippen LogP contribution in [0, 0.1) is 0 Å². The SMILES string of the molecule is Nc1n[nH]c(-c2ccoc2Br)n1. The maximum absolute atomic E-state index is 5.34. The molecule has 2 heterocycles. The number of nitrogen functional groups attached to an aromatic ring is 1. The van der Waals surface area contributed by atoms with E-state index in [2.05, 4.69) is 31.1 Å². The lowest BCUT2D eigenvalue weighted by Crippen LogP contribution is -1.85. The van der Waals surface area contributed by atoms with Gasteiger partial charge >= 0.3 is 0 Å². The Labute approximate surface area is 76.1 Å². The molecule has 0 atom stereocenters. The molecule has 12 heavy (non-hydrogen) atoms. The average molecular weight is 229 g/mol. The minimum Gasteiger partial charge on any atom is -0.457 e. The van der Waals surface area contributed by atoms with Gasteiger partial charge in [0.05, 0.1) is 11.8 Å². The van der Waals surface area contributed by atoms with E-state index in [1.54, 1.807) is 12.3 Å². The molecule has 0 aliphatic carbocycles. The summed E-state index contributed by atoms with van der Waals surface area (Å²) >= 11 is 3.22. The molecule has 0 unspecified atom stereocenters. The number of nitrogens with one attached hydrogen (secondary N) is 1. The monoisotopic (exact) mass is 228 g/mol. The topological polar surface area (TPSA) is 80.7 Å². The molecule has 0 bridgehead atoms. The van der Waals surface area contributed by atoms with E-state index in [1.807, 2.05) is 0 Å². The molecule has 0 saturated heterocycles. The van der Waals surface area contributed by atoms with Crippen LogP contribution in [0.2, 0.25) is 0 Å². The van der Waals surface area contributed by atoms with Crippen molar-refractivity contribution in [2.45, 2.75) is 0 Å². The van der Waals surface area contributed by atoms with Crippen molar-refractivity contribution in [2.24, 2.45) is 0 Å². The summed E-state index contributed by atoms with van der Waals surface area (Å²) in [7, 11) is 0. The summed E-state index contributed by atoms with van der Waals surface area (Å²) in [6.45, 7) is 0. The second kappa shape index (κ2) is 2.63. The summed E-state index contributed by atoms with van der Waals surface area (Å²) in [4.78, 5) is 3.94. The first-order valence-corrected chi connectivity index (χ1v) is 3.98. The van der Waals surface area contributed by atoms with Gasteiger partial charge in [-0.25, -0.2) is 0 Å². The van der Waals surface area contributed by atoms with Crippen molar-refractivity contribution in [1.82, 2.24) is 15.2 Å². The zero-order chi connectivity index (χ0) is 8.55. The summed E-state index contributed by atoms with van der Waals surface area (Å²) in [5, 5.41) is 6.37. The molecular weight excluding hydrogens is 224 g/mol. The van der Waals surface area contributed by atoms with Crippen molar-refractivity contribution < 1.29 is 4.42 Å². The number of nitrogens with two attached hydrogens (primary N) is 1. The van der Waals surface area contributed by atoms with Crippen LogP contribution in [0.5, 0.6) is 0 Å². The molecular formula is C6H5BrN4O. The summed E-state index contributed by atoms with van der Waals surface area (Å²) in [6, 6.07) is 1.77. The molecule has 0 spiro atoms. The first kappa shape index (κ1) is 7.35. The molecule has 2 aromatic rings. The van der Waals surface area contributed by atoms with E-state index < -0.39 is 0 Å². The van der Waals surface area contributed by atoms with Gasteiger partial charge in [-0.2, -0.15) is 4.98 Å². The molecule has 3 N–H and O–H groups in total. The number of hydrogen-bond donors (Lipinski definition) is 2. The second-order valence-electron chi connectivity index (χ2n) is 2.15. The van der Waals surface area contributed by atoms with Crippen LogP contribution in [0.15, 0.2) is 21.4 Å². The van der Waals surface area contributed by atoms with Crippen molar-refractivity contribution in [2.75, 3.05) is 5.73 Å². The van der Waals surface area contributed by atoms with Gasteiger partial charge in [0.2, 0.25) is 5.95 Å². The number of rotatable bonds is 1. The van der Waals surface area contributed by atoms with Crippen LogP contribution in [0.4, 0.5) is 5.95 Å². The van der Waals surface area contributed by atoms with Crippen LogP contribution in [0.25, 0.3) is 11.4 Å². The number of aromatic amines is 1. The van der Waals surface area contributed by atoms with Crippen LogP contribution < -0.4 is 5.73 Å². The smallest absolute Gasteiger partial charge is 0.239 e. The van der Waals surface area contributed by atoms with Gasteiger partial charge in [-0.05, 0) is 22.0 Å². The highest BCUT2D eigenvalue weighted by Gasteiger charge is 2.09. The minimum absolute atomic E-state index is 0.220. The Morgan fingerprint density at radius 2 is 2.42 bits per heavy atom. The number of nitrogens with zero attached hydrogens (tertiary/aromatic N) is 2. The Morgan fingerprint density at radius 3 is 2.92 bits per heavy atom. The molecule has 5 nitrogen and oxygen atoms in total. The molecule has 0 radical (unpaired) electrons. The van der Waals surface area contributed by atoms with E-state index in [0.29, 0.717) is 10.5 Å². The van der Waals surface area contributed by atoms with Crippen LogP contribution in [-0.2, 0) is 0 Å². The number of H-pyrrole nitrogens is 1. The van der Waals surface area contributed by atoms with Crippen LogP contribution in [0.1, 0.15) is 0 Å². The number of furan rings is 1. The van der Waals surface area contributed by atoms with Gasteiger partial charge in [-0.1, -0.05) is 0 Å². The molecule has 0 aromatic carbocycles. The Bertz CT molecular complexity index is 394. The maximum Gasteiger partial charge on any atom is 0.239 e. The van der Waals surface area contributed by atoms with Gasteiger partial charge in [0.25, 0.3) is 0 Å². The highest BCUT2D eigenvalue weighted by molar-refractivity contribution is 9.10. The van der Waals surface area contributed by atoms with Gasteiger partial charge in [-0.3, -0.25) is 5.10 Å². The highest BCUT2D eigenvalue weighted by Crippen LogP contribution is 2.26. The second-order valence-corrected chi connectivity index (χ2v) is 2.87. The summed E-state index contributed by atoms with van der Waals surface area (Å²) in [6.07, 6.45) is 1.55. The first-order chi connectivity index (χ1) is 5.77. The highest BCUT2D eigenvalue weighted by atomic mass is 79.9. The molecule has 0 aliphatic rings. The third kappa shape index (κ3) is 1.10. The molecule has 0 amide bonds. The lowest BCUT2D eigenvalue weighted by molar-refractivity contribution is 0.542. The Hall–Kier alpha value is -1.30. The van der Waals surface area contributed by atoms with Crippen LogP contribution in [0.3, 0.4) is 0 Å². The molecule has 6 heteroatoms. The summed E-state index contributed by atoms with van der Waals surface area (Å²) in [5.74, 6) is 0.811. The quantitative estimate of drug-likeness (QED) is 0.774. The largest absolute Gasteiger partial charge is 0.457 e. The average Bonchev–Trinajstić information content (AvgIpc) is 2.58.